The van der Waals surface area contributed by atoms with E-state index in [0.29, 0.717) is 6.61 Å². The molecular weight excluding hydrogens is 176 g/mol. The molecule has 0 amide bonds. The highest BCUT2D eigenvalue weighted by atomic mass is 16.5. The maximum Gasteiger partial charge on any atom is 0.0716 e. The van der Waals surface area contributed by atoms with Crippen LogP contribution < -0.4 is 0 Å². The first-order chi connectivity index (χ1) is 6.83. The predicted octanol–water partition coefficient (Wildman–Crippen LogP) is 2.55. The van der Waals surface area contributed by atoms with Crippen molar-refractivity contribution in [2.75, 3.05) is 20.3 Å². The van der Waals surface area contributed by atoms with Crippen molar-refractivity contribution in [2.24, 2.45) is 0 Å². The molecule has 0 aromatic heterocycles. The lowest BCUT2D eigenvalue weighted by molar-refractivity contribution is 0.0928. The Morgan fingerprint density at radius 3 is 2.43 bits per heavy atom. The molecule has 0 N–H and O–H groups in total. The van der Waals surface area contributed by atoms with E-state index in [0.717, 1.165) is 19.6 Å². The highest BCUT2D eigenvalue weighted by Gasteiger charge is 1.92. The molecule has 0 spiro atoms. The molecule has 0 radical (unpaired) electrons. The van der Waals surface area contributed by atoms with E-state index in [1.807, 2.05) is 0 Å². The minimum Gasteiger partial charge on any atom is -0.385 e. The fourth-order valence-electron chi connectivity index (χ4n) is 1.18. The number of ether oxygens (including phenoxy) is 2. The van der Waals surface area contributed by atoms with Crippen molar-refractivity contribution >= 4 is 0 Å². The topological polar surface area (TPSA) is 18.5 Å². The van der Waals surface area contributed by atoms with Crippen molar-refractivity contribution in [3.8, 4) is 0 Å². The molecule has 2 nitrogen and oxygen atoms in total. The van der Waals surface area contributed by atoms with Crippen LogP contribution in [0.15, 0.2) is 24.3 Å². The summed E-state index contributed by atoms with van der Waals surface area (Å²) in [5.41, 5.74) is 2.51. The van der Waals surface area contributed by atoms with Crippen LogP contribution in [0.1, 0.15) is 17.5 Å². The molecule has 0 aliphatic heterocycles. The van der Waals surface area contributed by atoms with E-state index in [9.17, 15) is 0 Å². The van der Waals surface area contributed by atoms with Crippen LogP contribution in [0.5, 0.6) is 0 Å². The second-order valence-corrected chi connectivity index (χ2v) is 3.38. The van der Waals surface area contributed by atoms with Gasteiger partial charge in [0.1, 0.15) is 0 Å². The summed E-state index contributed by atoms with van der Waals surface area (Å²) < 4.78 is 10.4. The van der Waals surface area contributed by atoms with Gasteiger partial charge in [0.05, 0.1) is 6.61 Å². The van der Waals surface area contributed by atoms with Crippen molar-refractivity contribution in [3.63, 3.8) is 0 Å². The van der Waals surface area contributed by atoms with Crippen molar-refractivity contribution in [1.82, 2.24) is 0 Å². The summed E-state index contributed by atoms with van der Waals surface area (Å²) in [6, 6.07) is 8.42. The fraction of sp³-hybridized carbons (Fsp3) is 0.500. The summed E-state index contributed by atoms with van der Waals surface area (Å²) in [6.07, 6.45) is 0.961. The van der Waals surface area contributed by atoms with Crippen LogP contribution in [0, 0.1) is 6.92 Å². The molecule has 0 aliphatic carbocycles. The van der Waals surface area contributed by atoms with Crippen molar-refractivity contribution in [2.45, 2.75) is 20.0 Å². The molecule has 2 heteroatoms. The third-order valence-electron chi connectivity index (χ3n) is 2.03. The van der Waals surface area contributed by atoms with Crippen LogP contribution in [-0.2, 0) is 16.1 Å². The Kier molecular flexibility index (Phi) is 5.27. The monoisotopic (exact) mass is 194 g/mol. The van der Waals surface area contributed by atoms with E-state index in [1.165, 1.54) is 11.1 Å². The Bertz CT molecular complexity index is 241. The van der Waals surface area contributed by atoms with Gasteiger partial charge in [-0.25, -0.2) is 0 Å². The third kappa shape index (κ3) is 4.40. The molecule has 1 rings (SSSR count). The highest BCUT2D eigenvalue weighted by Crippen LogP contribution is 2.04. The Hall–Kier alpha value is -0.860. The molecule has 0 saturated carbocycles. The molecule has 0 aliphatic rings. The van der Waals surface area contributed by atoms with Gasteiger partial charge in [-0.15, -0.1) is 0 Å². The number of hydrogen-bond acceptors (Lipinski definition) is 2. The van der Waals surface area contributed by atoms with Gasteiger partial charge in [-0.3, -0.25) is 0 Å². The smallest absolute Gasteiger partial charge is 0.0716 e. The summed E-state index contributed by atoms with van der Waals surface area (Å²) in [6.45, 7) is 4.32. The molecule has 1 aromatic carbocycles. The van der Waals surface area contributed by atoms with Crippen molar-refractivity contribution in [3.05, 3.63) is 35.4 Å². The summed E-state index contributed by atoms with van der Waals surface area (Å²) in [4.78, 5) is 0. The quantitative estimate of drug-likeness (QED) is 0.648. The normalized spacial score (nSPS) is 10.4. The molecular formula is C12H18O2. The Morgan fingerprint density at radius 2 is 1.79 bits per heavy atom. The molecule has 14 heavy (non-hydrogen) atoms. The zero-order chi connectivity index (χ0) is 10.2. The minimum atomic E-state index is 0.698. The number of benzene rings is 1. The number of aryl methyl sites for hydroxylation is 1. The molecule has 0 saturated heterocycles. The van der Waals surface area contributed by atoms with E-state index in [1.54, 1.807) is 7.11 Å². The van der Waals surface area contributed by atoms with Crippen LogP contribution in [0.2, 0.25) is 0 Å². The summed E-state index contributed by atoms with van der Waals surface area (Å²) in [5, 5.41) is 0. The van der Waals surface area contributed by atoms with Crippen LogP contribution >= 0.6 is 0 Å². The Labute approximate surface area is 85.8 Å². The zero-order valence-corrected chi connectivity index (χ0v) is 8.95. The molecule has 0 atom stereocenters. The number of rotatable bonds is 6. The molecule has 0 fully saturated rings. The van der Waals surface area contributed by atoms with Crippen LogP contribution in [0.25, 0.3) is 0 Å². The van der Waals surface area contributed by atoms with E-state index in [4.69, 9.17) is 9.47 Å². The average molecular weight is 194 g/mol. The summed E-state index contributed by atoms with van der Waals surface area (Å²) in [5.74, 6) is 0. The lowest BCUT2D eigenvalue weighted by Gasteiger charge is -2.04. The largest absolute Gasteiger partial charge is 0.385 e. The maximum atomic E-state index is 5.48. The lowest BCUT2D eigenvalue weighted by Crippen LogP contribution is -1.99. The first kappa shape index (κ1) is 11.2. The fourth-order valence-corrected chi connectivity index (χ4v) is 1.18. The van der Waals surface area contributed by atoms with E-state index in [-0.39, 0.29) is 0 Å². The van der Waals surface area contributed by atoms with Gasteiger partial charge in [-0.2, -0.15) is 0 Å². The number of hydrogen-bond donors (Lipinski definition) is 0. The van der Waals surface area contributed by atoms with Crippen molar-refractivity contribution in [1.29, 1.82) is 0 Å². The van der Waals surface area contributed by atoms with Crippen molar-refractivity contribution < 1.29 is 9.47 Å². The molecule has 78 valence electrons. The predicted molar refractivity (Wildman–Crippen MR) is 57.3 cm³/mol. The van der Waals surface area contributed by atoms with Gasteiger partial charge in [0.2, 0.25) is 0 Å². The summed E-state index contributed by atoms with van der Waals surface area (Å²) in [7, 11) is 1.71. The lowest BCUT2D eigenvalue weighted by atomic mass is 10.2. The Balaban J connectivity index is 2.15. The van der Waals surface area contributed by atoms with Gasteiger partial charge in [0.25, 0.3) is 0 Å². The van der Waals surface area contributed by atoms with Crippen LogP contribution in [0.3, 0.4) is 0 Å². The van der Waals surface area contributed by atoms with Gasteiger partial charge in [0, 0.05) is 20.3 Å². The minimum absolute atomic E-state index is 0.698. The Morgan fingerprint density at radius 1 is 1.07 bits per heavy atom. The van der Waals surface area contributed by atoms with Gasteiger partial charge >= 0.3 is 0 Å². The first-order valence-electron chi connectivity index (χ1n) is 4.95. The summed E-state index contributed by atoms with van der Waals surface area (Å²) >= 11 is 0. The second-order valence-electron chi connectivity index (χ2n) is 3.38. The standard InChI is InChI=1S/C12H18O2/c1-11-4-6-12(7-5-11)10-14-9-3-8-13-2/h4-7H,3,8-10H2,1-2H3. The first-order valence-corrected chi connectivity index (χ1v) is 4.95. The van der Waals surface area contributed by atoms with E-state index in [2.05, 4.69) is 31.2 Å². The highest BCUT2D eigenvalue weighted by molar-refractivity contribution is 5.20. The van der Waals surface area contributed by atoms with Gasteiger partial charge < -0.3 is 9.47 Å². The molecule has 0 bridgehead atoms. The van der Waals surface area contributed by atoms with Gasteiger partial charge in [-0.1, -0.05) is 29.8 Å². The van der Waals surface area contributed by atoms with Crippen LogP contribution in [-0.4, -0.2) is 20.3 Å². The van der Waals surface area contributed by atoms with Crippen LogP contribution in [0.4, 0.5) is 0 Å². The van der Waals surface area contributed by atoms with Gasteiger partial charge in [0.15, 0.2) is 0 Å². The van der Waals surface area contributed by atoms with Gasteiger partial charge in [-0.05, 0) is 18.9 Å². The molecule has 0 unspecified atom stereocenters. The molecule has 1 aromatic rings. The molecule has 0 heterocycles. The third-order valence-corrected chi connectivity index (χ3v) is 2.03. The number of methoxy groups -OCH3 is 1. The average Bonchev–Trinajstić information content (AvgIpc) is 2.21. The maximum absolute atomic E-state index is 5.48. The van der Waals surface area contributed by atoms with E-state index < -0.39 is 0 Å². The zero-order valence-electron chi connectivity index (χ0n) is 8.95. The SMILES string of the molecule is COCCCOCc1ccc(C)cc1. The second kappa shape index (κ2) is 6.57. The van der Waals surface area contributed by atoms with E-state index >= 15 is 0 Å².